The Morgan fingerprint density at radius 3 is 1.25 bits per heavy atom. The number of allylic oxidation sites excluding steroid dienone is 6. The van der Waals surface area contributed by atoms with Crippen molar-refractivity contribution in [1.82, 2.24) is 5.32 Å². The smallest absolute Gasteiger partial charge is 0.249 e. The average Bonchev–Trinajstić information content (AvgIpc) is 3.37. The zero-order valence-corrected chi connectivity index (χ0v) is 45.7. The minimum Gasteiger partial charge on any atom is -0.394 e. The monoisotopic (exact) mass is 1010 g/mol. The first-order chi connectivity index (χ1) is 34.7. The Morgan fingerprint density at radius 2 is 0.845 bits per heavy atom. The van der Waals surface area contributed by atoms with Crippen molar-refractivity contribution in [2.24, 2.45) is 0 Å². The summed E-state index contributed by atoms with van der Waals surface area (Å²) in [5, 5.41) is 76.1. The van der Waals surface area contributed by atoms with Crippen LogP contribution in [0.3, 0.4) is 0 Å². The highest BCUT2D eigenvalue weighted by Crippen LogP contribution is 2.23. The minimum atomic E-state index is -1.67. The van der Waals surface area contributed by atoms with Crippen molar-refractivity contribution < 1.29 is 50.0 Å². The molecule has 11 heteroatoms. The van der Waals surface area contributed by atoms with Gasteiger partial charge in [-0.3, -0.25) is 4.79 Å². The molecule has 0 spiro atoms. The second-order valence-electron chi connectivity index (χ2n) is 21.0. The first kappa shape index (κ1) is 67.3. The molecule has 418 valence electrons. The van der Waals surface area contributed by atoms with Gasteiger partial charge in [-0.15, -0.1) is 0 Å². The highest BCUT2D eigenvalue weighted by molar-refractivity contribution is 5.80. The molecule has 9 unspecified atom stereocenters. The second kappa shape index (κ2) is 49.2. The third kappa shape index (κ3) is 37.7. The summed E-state index contributed by atoms with van der Waals surface area (Å²) in [5.74, 6) is -0.709. The third-order valence-corrected chi connectivity index (χ3v) is 14.4. The SMILES string of the molecule is CCCCC/C=C/CC/C=C/CC/C=C/CCCC(O)C(O)C(COC1OC(CO)C(O)C(O)C1O)NC(=O)C(O)CCCCCCCCCCCCCCCCCCCCCCCCCCCCCC. The Balaban J connectivity index is 2.26. The van der Waals surface area contributed by atoms with Crippen molar-refractivity contribution in [3.63, 3.8) is 0 Å². The van der Waals surface area contributed by atoms with E-state index in [1.165, 1.54) is 180 Å². The van der Waals surface area contributed by atoms with Crippen LogP contribution >= 0.6 is 0 Å². The number of hydrogen-bond acceptors (Lipinski definition) is 10. The number of carbonyl (C=O) groups is 1. The van der Waals surface area contributed by atoms with E-state index in [9.17, 15) is 40.5 Å². The standard InChI is InChI=1S/C60H113NO10/c1-3-5-7-9-11-13-15-17-19-21-22-23-24-25-26-27-28-29-30-31-32-34-36-38-40-42-44-46-48-53(64)59(69)61-51(50-70-60-58(68)57(67)56(66)54(49-62)71-60)55(65)52(63)47-45-43-41-39-37-35-33-20-18-16-14-12-10-8-6-4-2/h12,14,20,33,39,41,51-58,60,62-68H,3-11,13,15-19,21-32,34-38,40,42-50H2,1-2H3,(H,61,69)/b14-12+,33-20+,41-39+. The Kier molecular flexibility index (Phi) is 46.7. The Hall–Kier alpha value is -1.67. The molecule has 1 saturated heterocycles. The topological polar surface area (TPSA) is 189 Å². The number of amides is 1. The second-order valence-corrected chi connectivity index (χ2v) is 21.0. The fourth-order valence-corrected chi connectivity index (χ4v) is 9.53. The average molecular weight is 1010 g/mol. The number of nitrogens with one attached hydrogen (secondary N) is 1. The summed E-state index contributed by atoms with van der Waals surface area (Å²) in [4.78, 5) is 13.2. The molecule has 0 bridgehead atoms. The van der Waals surface area contributed by atoms with Gasteiger partial charge in [-0.2, -0.15) is 0 Å². The van der Waals surface area contributed by atoms with Crippen LogP contribution in [0.5, 0.6) is 0 Å². The summed E-state index contributed by atoms with van der Waals surface area (Å²) < 4.78 is 11.1. The van der Waals surface area contributed by atoms with Gasteiger partial charge in [-0.25, -0.2) is 0 Å². The molecular weight excluding hydrogens is 895 g/mol. The van der Waals surface area contributed by atoms with Crippen LogP contribution in [0.25, 0.3) is 0 Å². The van der Waals surface area contributed by atoms with Gasteiger partial charge < -0.3 is 50.5 Å². The molecule has 0 aliphatic carbocycles. The van der Waals surface area contributed by atoms with Gasteiger partial charge in [-0.1, -0.05) is 243 Å². The van der Waals surface area contributed by atoms with Gasteiger partial charge >= 0.3 is 0 Å². The van der Waals surface area contributed by atoms with E-state index in [1.54, 1.807) is 0 Å². The maximum absolute atomic E-state index is 13.2. The highest BCUT2D eigenvalue weighted by atomic mass is 16.7. The summed E-state index contributed by atoms with van der Waals surface area (Å²) in [6.45, 7) is 3.43. The van der Waals surface area contributed by atoms with Crippen molar-refractivity contribution >= 4 is 5.91 Å². The molecule has 11 nitrogen and oxygen atoms in total. The lowest BCUT2D eigenvalue weighted by molar-refractivity contribution is -0.303. The first-order valence-electron chi connectivity index (χ1n) is 29.9. The number of aliphatic hydroxyl groups is 7. The van der Waals surface area contributed by atoms with Gasteiger partial charge in [0.15, 0.2) is 6.29 Å². The number of rotatable bonds is 51. The predicted octanol–water partition coefficient (Wildman–Crippen LogP) is 12.7. The van der Waals surface area contributed by atoms with E-state index in [4.69, 9.17) is 9.47 Å². The van der Waals surface area contributed by atoms with E-state index in [-0.39, 0.29) is 12.8 Å². The maximum atomic E-state index is 13.2. The molecule has 0 radical (unpaired) electrons. The lowest BCUT2D eigenvalue weighted by atomic mass is 9.98. The van der Waals surface area contributed by atoms with Crippen LogP contribution in [0.15, 0.2) is 36.5 Å². The summed E-state index contributed by atoms with van der Waals surface area (Å²) in [6, 6.07) is -1.19. The lowest BCUT2D eigenvalue weighted by Crippen LogP contribution is -2.60. The fourth-order valence-electron chi connectivity index (χ4n) is 9.53. The highest BCUT2D eigenvalue weighted by Gasteiger charge is 2.44. The summed E-state index contributed by atoms with van der Waals surface area (Å²) >= 11 is 0. The largest absolute Gasteiger partial charge is 0.394 e. The van der Waals surface area contributed by atoms with E-state index in [0.717, 1.165) is 44.9 Å². The Bertz CT molecular complexity index is 1250. The van der Waals surface area contributed by atoms with Gasteiger partial charge in [0.1, 0.15) is 36.6 Å². The van der Waals surface area contributed by atoms with E-state index in [1.807, 2.05) is 0 Å². The molecule has 0 aromatic heterocycles. The van der Waals surface area contributed by atoms with E-state index < -0.39 is 74.2 Å². The summed E-state index contributed by atoms with van der Waals surface area (Å²) in [5.41, 5.74) is 0. The normalized spacial score (nSPS) is 20.4. The van der Waals surface area contributed by atoms with Crippen LogP contribution < -0.4 is 5.32 Å². The van der Waals surface area contributed by atoms with Gasteiger partial charge in [0.25, 0.3) is 0 Å². The number of ether oxygens (including phenoxy) is 2. The molecule has 9 atom stereocenters. The number of hydrogen-bond donors (Lipinski definition) is 8. The Morgan fingerprint density at radius 1 is 0.479 bits per heavy atom. The van der Waals surface area contributed by atoms with Crippen LogP contribution in [-0.2, 0) is 14.3 Å². The first-order valence-corrected chi connectivity index (χ1v) is 29.9. The van der Waals surface area contributed by atoms with Crippen molar-refractivity contribution in [1.29, 1.82) is 0 Å². The van der Waals surface area contributed by atoms with Gasteiger partial charge in [0, 0.05) is 0 Å². The molecule has 71 heavy (non-hydrogen) atoms. The number of unbranched alkanes of at least 4 members (excludes halogenated alkanes) is 33. The maximum Gasteiger partial charge on any atom is 0.249 e. The molecule has 1 fully saturated rings. The predicted molar refractivity (Wildman–Crippen MR) is 293 cm³/mol. The van der Waals surface area contributed by atoms with E-state index >= 15 is 0 Å². The van der Waals surface area contributed by atoms with Crippen molar-refractivity contribution in [2.75, 3.05) is 13.2 Å². The molecule has 1 heterocycles. The van der Waals surface area contributed by atoms with Gasteiger partial charge in [0.2, 0.25) is 5.91 Å². The van der Waals surface area contributed by atoms with Crippen LogP contribution in [-0.4, -0.2) is 110 Å². The minimum absolute atomic E-state index is 0.242. The third-order valence-electron chi connectivity index (χ3n) is 14.4. The lowest BCUT2D eigenvalue weighted by Gasteiger charge is -2.40. The van der Waals surface area contributed by atoms with E-state index in [0.29, 0.717) is 19.3 Å². The Labute approximate surface area is 435 Å². The van der Waals surface area contributed by atoms with Crippen LogP contribution in [0.4, 0.5) is 0 Å². The molecule has 0 aromatic rings. The molecule has 1 rings (SSSR count). The quantitative estimate of drug-likeness (QED) is 0.0215. The molecule has 1 aliphatic heterocycles. The van der Waals surface area contributed by atoms with E-state index in [2.05, 4.69) is 55.6 Å². The van der Waals surface area contributed by atoms with Crippen LogP contribution in [0.1, 0.15) is 271 Å². The fraction of sp³-hybridized carbons (Fsp3) is 0.883. The van der Waals surface area contributed by atoms with Crippen molar-refractivity contribution in [3.05, 3.63) is 36.5 Å². The number of aliphatic hydroxyl groups excluding tert-OH is 7. The van der Waals surface area contributed by atoms with Crippen molar-refractivity contribution in [2.45, 2.75) is 326 Å². The molecule has 0 saturated carbocycles. The van der Waals surface area contributed by atoms with Crippen molar-refractivity contribution in [3.8, 4) is 0 Å². The zero-order chi connectivity index (χ0) is 51.8. The molecule has 0 aromatic carbocycles. The van der Waals surface area contributed by atoms with Gasteiger partial charge in [0.05, 0.1) is 25.4 Å². The zero-order valence-electron chi connectivity index (χ0n) is 45.7. The molecule has 8 N–H and O–H groups in total. The number of carbonyl (C=O) groups excluding carboxylic acids is 1. The summed E-state index contributed by atoms with van der Waals surface area (Å²) in [7, 11) is 0. The van der Waals surface area contributed by atoms with Crippen LogP contribution in [0.2, 0.25) is 0 Å². The molecule has 1 aliphatic rings. The van der Waals surface area contributed by atoms with Crippen LogP contribution in [0, 0.1) is 0 Å². The molecular formula is C60H113NO10. The molecule has 1 amide bonds. The van der Waals surface area contributed by atoms with Gasteiger partial charge in [-0.05, 0) is 64.2 Å². The summed E-state index contributed by atoms with van der Waals surface area (Å²) in [6.07, 6.45) is 49.3.